The zero-order valence-corrected chi connectivity index (χ0v) is 11.8. The fraction of sp³-hybridized carbons (Fsp3) is 0.636. The number of thioether (sulfide) groups is 1. The van der Waals surface area contributed by atoms with Gasteiger partial charge < -0.3 is 5.32 Å². The molecule has 0 fully saturated rings. The molecule has 1 atom stereocenters. The van der Waals surface area contributed by atoms with Gasteiger partial charge in [-0.15, -0.1) is 11.3 Å². The minimum Gasteiger partial charge on any atom is -0.309 e. The number of nitrogens with one attached hydrogen (secondary N) is 1. The van der Waals surface area contributed by atoms with Crippen molar-refractivity contribution in [1.29, 1.82) is 0 Å². The fourth-order valence-corrected chi connectivity index (χ4v) is 3.41. The molecule has 1 rings (SSSR count). The molecular weight excluding hydrogens is 246 g/mol. The second-order valence-electron chi connectivity index (χ2n) is 3.63. The maximum absolute atomic E-state index is 5.95. The Kier molecular flexibility index (Phi) is 6.05. The van der Waals surface area contributed by atoms with Crippen molar-refractivity contribution in [2.45, 2.75) is 32.1 Å². The van der Waals surface area contributed by atoms with E-state index in [0.29, 0.717) is 11.3 Å². The molecule has 0 aliphatic carbocycles. The quantitative estimate of drug-likeness (QED) is 0.826. The Balaban J connectivity index is 2.57. The first-order valence-electron chi connectivity index (χ1n) is 5.23. The highest BCUT2D eigenvalue weighted by atomic mass is 35.5. The molecule has 0 saturated heterocycles. The molecule has 86 valence electrons. The number of halogens is 1. The van der Waals surface area contributed by atoms with Crippen LogP contribution in [0.5, 0.6) is 0 Å². The molecule has 4 heteroatoms. The second kappa shape index (κ2) is 6.79. The third kappa shape index (κ3) is 4.77. The Bertz CT molecular complexity index is 286. The molecule has 1 nitrogen and oxygen atoms in total. The minimum absolute atomic E-state index is 0.444. The van der Waals surface area contributed by atoms with Gasteiger partial charge in [-0.1, -0.05) is 32.4 Å². The highest BCUT2D eigenvalue weighted by Gasteiger charge is 2.13. The summed E-state index contributed by atoms with van der Waals surface area (Å²) in [5.41, 5.74) is 0. The molecule has 1 heterocycles. The molecule has 1 unspecified atom stereocenters. The molecular formula is C11H18ClNS2. The van der Waals surface area contributed by atoms with E-state index in [-0.39, 0.29) is 0 Å². The first kappa shape index (κ1) is 13.4. The van der Waals surface area contributed by atoms with E-state index in [0.717, 1.165) is 16.6 Å². The monoisotopic (exact) mass is 263 g/mol. The summed E-state index contributed by atoms with van der Waals surface area (Å²) < 4.78 is 0.877. The van der Waals surface area contributed by atoms with Gasteiger partial charge in [-0.05, 0) is 23.9 Å². The minimum atomic E-state index is 0.444. The van der Waals surface area contributed by atoms with E-state index >= 15 is 0 Å². The Morgan fingerprint density at radius 1 is 1.47 bits per heavy atom. The summed E-state index contributed by atoms with van der Waals surface area (Å²) in [6, 6.07) is 4.55. The van der Waals surface area contributed by atoms with Crippen LogP contribution in [0, 0.1) is 0 Å². The summed E-state index contributed by atoms with van der Waals surface area (Å²) >= 11 is 9.61. The molecule has 0 amide bonds. The Hall–Kier alpha value is 0.300. The largest absolute Gasteiger partial charge is 0.309 e. The SMILES string of the molecule is CCNC(CSC(C)C)c1ccc(Cl)s1. The number of hydrogen-bond acceptors (Lipinski definition) is 3. The normalized spacial score (nSPS) is 13.4. The highest BCUT2D eigenvalue weighted by Crippen LogP contribution is 2.29. The van der Waals surface area contributed by atoms with Crippen molar-refractivity contribution >= 4 is 34.7 Å². The standard InChI is InChI=1S/C11H18ClNS2/c1-4-13-9(7-14-8(2)3)10-5-6-11(12)15-10/h5-6,8-9,13H,4,7H2,1-3H3. The molecule has 1 aromatic heterocycles. The van der Waals surface area contributed by atoms with E-state index in [4.69, 9.17) is 11.6 Å². The predicted octanol–water partition coefficient (Wildman–Crippen LogP) is 4.19. The zero-order chi connectivity index (χ0) is 11.3. The van der Waals surface area contributed by atoms with E-state index in [2.05, 4.69) is 32.2 Å². The van der Waals surface area contributed by atoms with Gasteiger partial charge in [0.05, 0.1) is 10.4 Å². The molecule has 15 heavy (non-hydrogen) atoms. The molecule has 1 aromatic rings. The topological polar surface area (TPSA) is 12.0 Å². The van der Waals surface area contributed by atoms with Crippen LogP contribution in [0.2, 0.25) is 4.34 Å². The van der Waals surface area contributed by atoms with Gasteiger partial charge in [0.2, 0.25) is 0 Å². The lowest BCUT2D eigenvalue weighted by atomic mass is 10.3. The van der Waals surface area contributed by atoms with E-state index in [1.807, 2.05) is 17.8 Å². The molecule has 0 aliphatic rings. The van der Waals surface area contributed by atoms with Gasteiger partial charge in [0.15, 0.2) is 0 Å². The lowest BCUT2D eigenvalue weighted by Gasteiger charge is -2.17. The Morgan fingerprint density at radius 3 is 2.67 bits per heavy atom. The fourth-order valence-electron chi connectivity index (χ4n) is 1.29. The summed E-state index contributed by atoms with van der Waals surface area (Å²) in [5, 5.41) is 4.18. The molecule has 0 aliphatic heterocycles. The van der Waals surface area contributed by atoms with Gasteiger partial charge in [-0.2, -0.15) is 11.8 Å². The second-order valence-corrected chi connectivity index (χ2v) is 6.99. The summed E-state index contributed by atoms with van der Waals surface area (Å²) in [7, 11) is 0. The van der Waals surface area contributed by atoms with Gasteiger partial charge in [-0.25, -0.2) is 0 Å². The van der Waals surface area contributed by atoms with Crippen LogP contribution in [0.3, 0.4) is 0 Å². The molecule has 0 saturated carbocycles. The zero-order valence-electron chi connectivity index (χ0n) is 9.42. The first-order chi connectivity index (χ1) is 7.13. The van der Waals surface area contributed by atoms with Crippen LogP contribution in [0.1, 0.15) is 31.7 Å². The van der Waals surface area contributed by atoms with Crippen molar-refractivity contribution < 1.29 is 0 Å². The van der Waals surface area contributed by atoms with Crippen molar-refractivity contribution in [1.82, 2.24) is 5.32 Å². The van der Waals surface area contributed by atoms with Gasteiger partial charge in [0.25, 0.3) is 0 Å². The van der Waals surface area contributed by atoms with E-state index in [9.17, 15) is 0 Å². The van der Waals surface area contributed by atoms with Crippen molar-refractivity contribution in [3.8, 4) is 0 Å². The van der Waals surface area contributed by atoms with Crippen LogP contribution in [0.25, 0.3) is 0 Å². The van der Waals surface area contributed by atoms with Crippen molar-refractivity contribution in [3.63, 3.8) is 0 Å². The van der Waals surface area contributed by atoms with Crippen LogP contribution in [-0.4, -0.2) is 17.5 Å². The Morgan fingerprint density at radius 2 is 2.20 bits per heavy atom. The lowest BCUT2D eigenvalue weighted by molar-refractivity contribution is 0.614. The number of rotatable bonds is 6. The molecule has 0 bridgehead atoms. The number of thiophene rings is 1. The molecule has 0 aromatic carbocycles. The van der Waals surface area contributed by atoms with Crippen LogP contribution < -0.4 is 5.32 Å². The summed E-state index contributed by atoms with van der Waals surface area (Å²) in [6.45, 7) is 7.60. The predicted molar refractivity (Wildman–Crippen MR) is 73.3 cm³/mol. The number of hydrogen-bond donors (Lipinski definition) is 1. The van der Waals surface area contributed by atoms with Crippen molar-refractivity contribution in [2.75, 3.05) is 12.3 Å². The first-order valence-corrected chi connectivity index (χ1v) is 7.48. The van der Waals surface area contributed by atoms with E-state index in [1.54, 1.807) is 11.3 Å². The molecule has 0 radical (unpaired) electrons. The molecule has 0 spiro atoms. The smallest absolute Gasteiger partial charge is 0.0931 e. The summed E-state index contributed by atoms with van der Waals surface area (Å²) in [6.07, 6.45) is 0. The summed E-state index contributed by atoms with van der Waals surface area (Å²) in [4.78, 5) is 1.34. The van der Waals surface area contributed by atoms with Crippen LogP contribution >= 0.6 is 34.7 Å². The molecule has 1 N–H and O–H groups in total. The maximum Gasteiger partial charge on any atom is 0.0931 e. The summed E-state index contributed by atoms with van der Waals surface area (Å²) in [5.74, 6) is 1.11. The lowest BCUT2D eigenvalue weighted by Crippen LogP contribution is -2.22. The van der Waals surface area contributed by atoms with Crippen molar-refractivity contribution in [3.05, 3.63) is 21.3 Å². The van der Waals surface area contributed by atoms with Gasteiger partial charge >= 0.3 is 0 Å². The maximum atomic E-state index is 5.95. The van der Waals surface area contributed by atoms with Crippen LogP contribution in [0.4, 0.5) is 0 Å². The van der Waals surface area contributed by atoms with Gasteiger partial charge in [0, 0.05) is 10.6 Å². The average molecular weight is 264 g/mol. The van der Waals surface area contributed by atoms with E-state index < -0.39 is 0 Å². The van der Waals surface area contributed by atoms with Gasteiger partial charge in [0.1, 0.15) is 0 Å². The third-order valence-corrected chi connectivity index (χ3v) is 4.52. The van der Waals surface area contributed by atoms with Crippen LogP contribution in [-0.2, 0) is 0 Å². The average Bonchev–Trinajstić information content (AvgIpc) is 2.59. The van der Waals surface area contributed by atoms with Crippen molar-refractivity contribution in [2.24, 2.45) is 0 Å². The van der Waals surface area contributed by atoms with E-state index in [1.165, 1.54) is 4.88 Å². The third-order valence-electron chi connectivity index (χ3n) is 1.98. The Labute approximate surface area is 106 Å². The van der Waals surface area contributed by atoms with Gasteiger partial charge in [-0.3, -0.25) is 0 Å². The highest BCUT2D eigenvalue weighted by molar-refractivity contribution is 7.99. The van der Waals surface area contributed by atoms with Crippen LogP contribution in [0.15, 0.2) is 12.1 Å².